The molecule has 0 atom stereocenters. The van der Waals surface area contributed by atoms with E-state index in [1.165, 1.54) is 0 Å². The van der Waals surface area contributed by atoms with Gasteiger partial charge in [-0.15, -0.1) is 24.0 Å². The minimum Gasteiger partial charge on any atom is -0.388 e. The summed E-state index contributed by atoms with van der Waals surface area (Å²) in [4.78, 5) is 4.43. The predicted molar refractivity (Wildman–Crippen MR) is 93.3 cm³/mol. The van der Waals surface area contributed by atoms with Crippen LogP contribution in [0.1, 0.15) is 33.6 Å². The molecule has 0 saturated heterocycles. The van der Waals surface area contributed by atoms with E-state index in [4.69, 9.17) is 0 Å². The van der Waals surface area contributed by atoms with Crippen LogP contribution < -0.4 is 10.6 Å². The van der Waals surface area contributed by atoms with E-state index in [0.29, 0.717) is 6.54 Å². The van der Waals surface area contributed by atoms with Crippen molar-refractivity contribution >= 4 is 41.7 Å². The molecule has 0 aromatic carbocycles. The molecular weight excluding hydrogens is 361 g/mol. The lowest BCUT2D eigenvalue weighted by Crippen LogP contribution is -2.40. The first-order valence-electron chi connectivity index (χ1n) is 6.35. The molecule has 0 fully saturated rings. The summed E-state index contributed by atoms with van der Waals surface area (Å²) >= 11 is 1.80. The number of rotatable bonds is 8. The van der Waals surface area contributed by atoms with Crippen LogP contribution in [0.4, 0.5) is 0 Å². The number of hydrogen-bond donors (Lipinski definition) is 3. The third-order valence-electron chi connectivity index (χ3n) is 2.79. The van der Waals surface area contributed by atoms with E-state index in [2.05, 4.69) is 21.9 Å². The monoisotopic (exact) mass is 389 g/mol. The smallest absolute Gasteiger partial charge is 0.191 e. The van der Waals surface area contributed by atoms with Crippen LogP contribution in [0.3, 0.4) is 0 Å². The zero-order valence-corrected chi connectivity index (χ0v) is 15.1. The summed E-state index contributed by atoms with van der Waals surface area (Å²) in [6.45, 7) is 8.21. The number of guanidine groups is 1. The Morgan fingerprint density at radius 3 is 2.28 bits per heavy atom. The van der Waals surface area contributed by atoms with Crippen LogP contribution in [-0.2, 0) is 0 Å². The molecule has 0 heterocycles. The summed E-state index contributed by atoms with van der Waals surface area (Å²) in [6, 6.07) is 0. The van der Waals surface area contributed by atoms with Gasteiger partial charge >= 0.3 is 0 Å². The molecule has 110 valence electrons. The van der Waals surface area contributed by atoms with Gasteiger partial charge in [0.15, 0.2) is 5.96 Å². The summed E-state index contributed by atoms with van der Waals surface area (Å²) < 4.78 is 0. The lowest BCUT2D eigenvalue weighted by molar-refractivity contribution is 0.0418. The fourth-order valence-corrected chi connectivity index (χ4v) is 1.62. The maximum atomic E-state index is 10.2. The number of aliphatic imine (C=N–C) groups is 1. The van der Waals surface area contributed by atoms with Gasteiger partial charge in [-0.3, -0.25) is 4.99 Å². The minimum absolute atomic E-state index is 0. The van der Waals surface area contributed by atoms with Gasteiger partial charge in [0.05, 0.1) is 12.1 Å². The molecule has 18 heavy (non-hydrogen) atoms. The molecule has 0 spiro atoms. The maximum absolute atomic E-state index is 10.2. The third-order valence-corrected chi connectivity index (χ3v) is 3.40. The molecule has 0 aliphatic rings. The van der Waals surface area contributed by atoms with Gasteiger partial charge in [-0.2, -0.15) is 11.8 Å². The Balaban J connectivity index is 0. The average Bonchev–Trinajstić information content (AvgIpc) is 2.36. The number of nitrogens with zero attached hydrogens (tertiary/aromatic N) is 1. The second-order valence-electron chi connectivity index (χ2n) is 4.05. The van der Waals surface area contributed by atoms with Crippen LogP contribution >= 0.6 is 35.7 Å². The van der Waals surface area contributed by atoms with Gasteiger partial charge in [-0.05, 0) is 26.0 Å². The Hall–Kier alpha value is 0.310. The predicted octanol–water partition coefficient (Wildman–Crippen LogP) is 2.07. The normalized spacial score (nSPS) is 11.9. The van der Waals surface area contributed by atoms with Crippen LogP contribution in [0, 0.1) is 0 Å². The van der Waals surface area contributed by atoms with Crippen molar-refractivity contribution in [2.45, 2.75) is 39.2 Å². The SMILES string of the molecule is CCNC(=NCC(O)(CC)CC)NCCSC.I. The number of hydrogen-bond acceptors (Lipinski definition) is 3. The van der Waals surface area contributed by atoms with Crippen molar-refractivity contribution in [3.8, 4) is 0 Å². The van der Waals surface area contributed by atoms with E-state index in [0.717, 1.165) is 37.6 Å². The lowest BCUT2D eigenvalue weighted by Gasteiger charge is -2.23. The van der Waals surface area contributed by atoms with Gasteiger partial charge in [0, 0.05) is 18.8 Å². The summed E-state index contributed by atoms with van der Waals surface area (Å²) in [5.41, 5.74) is -0.665. The van der Waals surface area contributed by atoms with Crippen LogP contribution in [0.15, 0.2) is 4.99 Å². The first-order valence-corrected chi connectivity index (χ1v) is 7.74. The Morgan fingerprint density at radius 2 is 1.83 bits per heavy atom. The van der Waals surface area contributed by atoms with Gasteiger partial charge in [0.25, 0.3) is 0 Å². The van der Waals surface area contributed by atoms with E-state index < -0.39 is 5.60 Å². The van der Waals surface area contributed by atoms with Crippen molar-refractivity contribution in [1.82, 2.24) is 10.6 Å². The van der Waals surface area contributed by atoms with Crippen molar-refractivity contribution in [2.24, 2.45) is 4.99 Å². The van der Waals surface area contributed by atoms with Crippen molar-refractivity contribution in [3.63, 3.8) is 0 Å². The van der Waals surface area contributed by atoms with Crippen LogP contribution in [0.5, 0.6) is 0 Å². The molecule has 0 amide bonds. The van der Waals surface area contributed by atoms with Gasteiger partial charge in [-0.25, -0.2) is 0 Å². The van der Waals surface area contributed by atoms with Crippen molar-refractivity contribution in [2.75, 3.05) is 31.6 Å². The quantitative estimate of drug-likeness (QED) is 0.258. The molecule has 0 bridgehead atoms. The highest BCUT2D eigenvalue weighted by Crippen LogP contribution is 2.14. The Kier molecular flexibility index (Phi) is 14.1. The standard InChI is InChI=1S/C12H27N3OS.HI/c1-5-12(16,6-2)10-15-11(13-7-3)14-8-9-17-4;/h16H,5-10H2,1-4H3,(H2,13,14,15);1H. The molecule has 0 aromatic rings. The van der Waals surface area contributed by atoms with Crippen LogP contribution in [0.25, 0.3) is 0 Å². The second-order valence-corrected chi connectivity index (χ2v) is 5.03. The van der Waals surface area contributed by atoms with Crippen molar-refractivity contribution < 1.29 is 5.11 Å². The first kappa shape index (κ1) is 20.6. The van der Waals surface area contributed by atoms with Gasteiger partial charge in [0.2, 0.25) is 0 Å². The lowest BCUT2D eigenvalue weighted by atomic mass is 9.98. The molecule has 4 nitrogen and oxygen atoms in total. The van der Waals surface area contributed by atoms with Gasteiger partial charge in [-0.1, -0.05) is 13.8 Å². The van der Waals surface area contributed by atoms with Crippen molar-refractivity contribution in [1.29, 1.82) is 0 Å². The first-order chi connectivity index (χ1) is 8.11. The third kappa shape index (κ3) is 9.27. The Bertz CT molecular complexity index is 223. The Morgan fingerprint density at radius 1 is 1.22 bits per heavy atom. The van der Waals surface area contributed by atoms with Crippen molar-refractivity contribution in [3.05, 3.63) is 0 Å². The zero-order valence-electron chi connectivity index (χ0n) is 12.0. The number of thioether (sulfide) groups is 1. The number of aliphatic hydroxyl groups is 1. The molecule has 0 aliphatic heterocycles. The summed E-state index contributed by atoms with van der Waals surface area (Å²) in [5, 5.41) is 16.6. The molecule has 0 rings (SSSR count). The molecule has 0 radical (unpaired) electrons. The molecule has 0 saturated carbocycles. The largest absolute Gasteiger partial charge is 0.388 e. The van der Waals surface area contributed by atoms with Gasteiger partial charge in [0.1, 0.15) is 0 Å². The Labute approximate surface area is 133 Å². The fourth-order valence-electron chi connectivity index (χ4n) is 1.31. The highest BCUT2D eigenvalue weighted by molar-refractivity contribution is 14.0. The van der Waals surface area contributed by atoms with E-state index in [9.17, 15) is 5.11 Å². The highest BCUT2D eigenvalue weighted by Gasteiger charge is 2.21. The summed E-state index contributed by atoms with van der Waals surface area (Å²) in [5.74, 6) is 1.85. The minimum atomic E-state index is -0.665. The molecule has 3 N–H and O–H groups in total. The van der Waals surface area contributed by atoms with E-state index >= 15 is 0 Å². The average molecular weight is 389 g/mol. The molecule has 6 heteroatoms. The zero-order chi connectivity index (χ0) is 13.1. The number of halogens is 1. The molecule has 0 unspecified atom stereocenters. The summed E-state index contributed by atoms with van der Waals surface area (Å²) in [6.07, 6.45) is 3.55. The molecule has 0 aromatic heterocycles. The van der Waals surface area contributed by atoms with E-state index in [1.54, 1.807) is 11.8 Å². The van der Waals surface area contributed by atoms with Gasteiger partial charge < -0.3 is 15.7 Å². The highest BCUT2D eigenvalue weighted by atomic mass is 127. The summed E-state index contributed by atoms with van der Waals surface area (Å²) in [7, 11) is 0. The van der Waals surface area contributed by atoms with E-state index in [-0.39, 0.29) is 24.0 Å². The number of nitrogens with one attached hydrogen (secondary N) is 2. The maximum Gasteiger partial charge on any atom is 0.191 e. The molecular formula is C12H28IN3OS. The fraction of sp³-hybridized carbons (Fsp3) is 0.917. The van der Waals surface area contributed by atoms with E-state index in [1.807, 2.05) is 20.8 Å². The molecule has 0 aliphatic carbocycles. The van der Waals surface area contributed by atoms with Crippen LogP contribution in [-0.4, -0.2) is 48.3 Å². The second kappa shape index (κ2) is 12.3. The topological polar surface area (TPSA) is 56.7 Å². The van der Waals surface area contributed by atoms with Crippen LogP contribution in [0.2, 0.25) is 0 Å².